The smallest absolute Gasteiger partial charge is 0.251 e. The Morgan fingerprint density at radius 1 is 1.36 bits per heavy atom. The standard InChI is InChI=1S/C17H22N2O3/c1-2-13-22-15-8-6-14(7-9-15)17(21)18-10-4-12-19-11-3-5-16(19)20/h2,6-9H,1,3-5,10-13H2,(H,18,21). The molecule has 1 aromatic rings. The Kier molecular flexibility index (Phi) is 6.01. The first-order valence-corrected chi connectivity index (χ1v) is 7.60. The lowest BCUT2D eigenvalue weighted by Gasteiger charge is -2.15. The highest BCUT2D eigenvalue weighted by Crippen LogP contribution is 2.12. The van der Waals surface area contributed by atoms with Gasteiger partial charge in [0.25, 0.3) is 5.91 Å². The van der Waals surface area contributed by atoms with Gasteiger partial charge in [0.05, 0.1) is 0 Å². The van der Waals surface area contributed by atoms with Crippen LogP contribution in [0.3, 0.4) is 0 Å². The molecule has 2 rings (SSSR count). The molecule has 1 aliphatic heterocycles. The molecule has 0 bridgehead atoms. The SMILES string of the molecule is C=CCOc1ccc(C(=O)NCCCN2CCCC2=O)cc1. The first-order valence-electron chi connectivity index (χ1n) is 7.60. The molecule has 5 heteroatoms. The van der Waals surface area contributed by atoms with E-state index in [1.165, 1.54) is 0 Å². The molecule has 0 unspecified atom stereocenters. The Labute approximate surface area is 130 Å². The van der Waals surface area contributed by atoms with E-state index in [4.69, 9.17) is 4.74 Å². The number of likely N-dealkylation sites (tertiary alicyclic amines) is 1. The number of nitrogens with one attached hydrogen (secondary N) is 1. The van der Waals surface area contributed by atoms with E-state index in [0.29, 0.717) is 37.4 Å². The van der Waals surface area contributed by atoms with E-state index >= 15 is 0 Å². The lowest BCUT2D eigenvalue weighted by Crippen LogP contribution is -2.30. The van der Waals surface area contributed by atoms with Gasteiger partial charge in [0, 0.05) is 31.6 Å². The minimum atomic E-state index is -0.108. The zero-order chi connectivity index (χ0) is 15.8. The summed E-state index contributed by atoms with van der Waals surface area (Å²) in [5.41, 5.74) is 0.600. The molecule has 0 saturated carbocycles. The van der Waals surface area contributed by atoms with Gasteiger partial charge in [-0.1, -0.05) is 12.7 Å². The van der Waals surface area contributed by atoms with Gasteiger partial charge in [-0.25, -0.2) is 0 Å². The second-order valence-electron chi connectivity index (χ2n) is 5.22. The molecular formula is C17H22N2O3. The molecule has 2 amide bonds. The molecule has 1 N–H and O–H groups in total. The molecule has 1 fully saturated rings. The third-order valence-electron chi connectivity index (χ3n) is 3.55. The second kappa shape index (κ2) is 8.22. The molecule has 1 saturated heterocycles. The summed E-state index contributed by atoms with van der Waals surface area (Å²) in [6.07, 6.45) is 4.06. The maximum atomic E-state index is 12.0. The third kappa shape index (κ3) is 4.62. The van der Waals surface area contributed by atoms with Crippen molar-refractivity contribution in [1.82, 2.24) is 10.2 Å². The topological polar surface area (TPSA) is 58.6 Å². The summed E-state index contributed by atoms with van der Waals surface area (Å²) in [5, 5.41) is 2.87. The highest BCUT2D eigenvalue weighted by Gasteiger charge is 2.19. The summed E-state index contributed by atoms with van der Waals surface area (Å²) < 4.78 is 5.37. The molecule has 22 heavy (non-hydrogen) atoms. The number of amides is 2. The number of nitrogens with zero attached hydrogens (tertiary/aromatic N) is 1. The molecule has 0 spiro atoms. The number of carbonyl (C=O) groups is 2. The molecule has 1 heterocycles. The van der Waals surface area contributed by atoms with Gasteiger partial charge in [-0.15, -0.1) is 0 Å². The largest absolute Gasteiger partial charge is 0.490 e. The number of hydrogen-bond acceptors (Lipinski definition) is 3. The van der Waals surface area contributed by atoms with Gasteiger partial charge in [0.15, 0.2) is 0 Å². The first-order chi connectivity index (χ1) is 10.7. The molecule has 0 atom stereocenters. The minimum absolute atomic E-state index is 0.108. The van der Waals surface area contributed by atoms with E-state index in [-0.39, 0.29) is 11.8 Å². The van der Waals surface area contributed by atoms with Gasteiger partial charge >= 0.3 is 0 Å². The van der Waals surface area contributed by atoms with Crippen LogP contribution in [-0.4, -0.2) is 43.0 Å². The minimum Gasteiger partial charge on any atom is -0.490 e. The molecule has 1 aromatic carbocycles. The van der Waals surface area contributed by atoms with E-state index < -0.39 is 0 Å². The summed E-state index contributed by atoms with van der Waals surface area (Å²) in [7, 11) is 0. The van der Waals surface area contributed by atoms with Crippen molar-refractivity contribution in [3.8, 4) is 5.75 Å². The predicted molar refractivity (Wildman–Crippen MR) is 84.9 cm³/mol. The van der Waals surface area contributed by atoms with Crippen molar-refractivity contribution >= 4 is 11.8 Å². The van der Waals surface area contributed by atoms with E-state index in [1.807, 2.05) is 4.90 Å². The Morgan fingerprint density at radius 2 is 2.14 bits per heavy atom. The van der Waals surface area contributed by atoms with Gasteiger partial charge < -0.3 is 15.0 Å². The molecule has 5 nitrogen and oxygen atoms in total. The number of rotatable bonds is 8. The van der Waals surface area contributed by atoms with Gasteiger partial charge in [-0.2, -0.15) is 0 Å². The molecular weight excluding hydrogens is 280 g/mol. The monoisotopic (exact) mass is 302 g/mol. The molecule has 0 aromatic heterocycles. The van der Waals surface area contributed by atoms with Crippen LogP contribution < -0.4 is 10.1 Å². The Balaban J connectivity index is 1.70. The fraction of sp³-hybridized carbons (Fsp3) is 0.412. The van der Waals surface area contributed by atoms with Crippen molar-refractivity contribution in [2.24, 2.45) is 0 Å². The van der Waals surface area contributed by atoms with Crippen LogP contribution in [0, 0.1) is 0 Å². The number of benzene rings is 1. The molecule has 1 aliphatic rings. The maximum absolute atomic E-state index is 12.0. The van der Waals surface area contributed by atoms with Crippen molar-refractivity contribution in [1.29, 1.82) is 0 Å². The zero-order valence-corrected chi connectivity index (χ0v) is 12.7. The Hall–Kier alpha value is -2.30. The second-order valence-corrected chi connectivity index (χ2v) is 5.22. The maximum Gasteiger partial charge on any atom is 0.251 e. The number of hydrogen-bond donors (Lipinski definition) is 1. The van der Waals surface area contributed by atoms with Crippen LogP contribution in [0.15, 0.2) is 36.9 Å². The number of carbonyl (C=O) groups excluding carboxylic acids is 2. The van der Waals surface area contributed by atoms with Crippen molar-refractivity contribution < 1.29 is 14.3 Å². The van der Waals surface area contributed by atoms with Gasteiger partial charge in [-0.05, 0) is 37.1 Å². The molecule has 118 valence electrons. The summed E-state index contributed by atoms with van der Waals surface area (Å²) >= 11 is 0. The summed E-state index contributed by atoms with van der Waals surface area (Å²) in [4.78, 5) is 25.3. The van der Waals surface area contributed by atoms with Gasteiger partial charge in [-0.3, -0.25) is 9.59 Å². The lowest BCUT2D eigenvalue weighted by atomic mass is 10.2. The Morgan fingerprint density at radius 3 is 2.77 bits per heavy atom. The average molecular weight is 302 g/mol. The van der Waals surface area contributed by atoms with Crippen LogP contribution in [-0.2, 0) is 4.79 Å². The summed E-state index contributed by atoms with van der Waals surface area (Å²) in [6, 6.07) is 7.00. The van der Waals surface area contributed by atoms with E-state index in [9.17, 15) is 9.59 Å². The fourth-order valence-electron chi connectivity index (χ4n) is 2.37. The number of ether oxygens (including phenoxy) is 1. The molecule has 0 radical (unpaired) electrons. The van der Waals surface area contributed by atoms with Crippen LogP contribution in [0.2, 0.25) is 0 Å². The van der Waals surface area contributed by atoms with E-state index in [1.54, 1.807) is 30.3 Å². The normalized spacial score (nSPS) is 14.0. The van der Waals surface area contributed by atoms with Crippen LogP contribution in [0.1, 0.15) is 29.6 Å². The average Bonchev–Trinajstić information content (AvgIpc) is 2.95. The highest BCUT2D eigenvalue weighted by molar-refractivity contribution is 5.94. The van der Waals surface area contributed by atoms with Gasteiger partial charge in [0.2, 0.25) is 5.91 Å². The van der Waals surface area contributed by atoms with Crippen LogP contribution in [0.25, 0.3) is 0 Å². The van der Waals surface area contributed by atoms with E-state index in [0.717, 1.165) is 19.4 Å². The van der Waals surface area contributed by atoms with Crippen molar-refractivity contribution in [3.05, 3.63) is 42.5 Å². The Bertz CT molecular complexity index is 525. The van der Waals surface area contributed by atoms with Crippen molar-refractivity contribution in [2.75, 3.05) is 26.2 Å². The van der Waals surface area contributed by atoms with Crippen LogP contribution in [0.5, 0.6) is 5.75 Å². The summed E-state index contributed by atoms with van der Waals surface area (Å²) in [5.74, 6) is 0.827. The fourth-order valence-corrected chi connectivity index (χ4v) is 2.37. The van der Waals surface area contributed by atoms with Crippen LogP contribution >= 0.6 is 0 Å². The summed E-state index contributed by atoms with van der Waals surface area (Å²) in [6.45, 7) is 6.16. The van der Waals surface area contributed by atoms with Gasteiger partial charge in [0.1, 0.15) is 12.4 Å². The van der Waals surface area contributed by atoms with E-state index in [2.05, 4.69) is 11.9 Å². The third-order valence-corrected chi connectivity index (χ3v) is 3.55. The predicted octanol–water partition coefficient (Wildman–Crippen LogP) is 1.99. The first kappa shape index (κ1) is 16.1. The van der Waals surface area contributed by atoms with Crippen molar-refractivity contribution in [2.45, 2.75) is 19.3 Å². The quantitative estimate of drug-likeness (QED) is 0.590. The molecule has 0 aliphatic carbocycles. The lowest BCUT2D eigenvalue weighted by molar-refractivity contribution is -0.127. The van der Waals surface area contributed by atoms with Crippen molar-refractivity contribution in [3.63, 3.8) is 0 Å². The highest BCUT2D eigenvalue weighted by atomic mass is 16.5. The van der Waals surface area contributed by atoms with Crippen LogP contribution in [0.4, 0.5) is 0 Å². The zero-order valence-electron chi connectivity index (χ0n) is 12.7.